The van der Waals surface area contributed by atoms with Crippen LogP contribution >= 0.6 is 31.9 Å². The first-order valence-corrected chi connectivity index (χ1v) is 7.10. The van der Waals surface area contributed by atoms with Crippen LogP contribution in [-0.4, -0.2) is 20.2 Å². The van der Waals surface area contributed by atoms with E-state index in [1.165, 1.54) is 5.57 Å². The van der Waals surface area contributed by atoms with Gasteiger partial charge in [-0.15, -0.1) is 0 Å². The first-order chi connectivity index (χ1) is 8.08. The number of nitrogens with one attached hydrogen (secondary N) is 1. The summed E-state index contributed by atoms with van der Waals surface area (Å²) in [5, 5.41) is 3.14. The van der Waals surface area contributed by atoms with Crippen molar-refractivity contribution < 1.29 is 4.74 Å². The summed E-state index contributed by atoms with van der Waals surface area (Å²) in [6, 6.07) is 4.06. The number of likely N-dealkylation sites (N-methyl/N-ethyl adjacent to an activating group) is 1. The Morgan fingerprint density at radius 3 is 2.71 bits per heavy atom. The van der Waals surface area contributed by atoms with Gasteiger partial charge in [0.2, 0.25) is 0 Å². The van der Waals surface area contributed by atoms with Crippen molar-refractivity contribution in [3.8, 4) is 5.75 Å². The van der Waals surface area contributed by atoms with Crippen molar-refractivity contribution in [1.29, 1.82) is 0 Å². The molecule has 1 N–H and O–H groups in total. The fraction of sp³-hybridized carbons (Fsp3) is 0.385. The van der Waals surface area contributed by atoms with Gasteiger partial charge in [0.15, 0.2) is 0 Å². The minimum atomic E-state index is 0.659. The first-order valence-electron chi connectivity index (χ1n) is 5.52. The summed E-state index contributed by atoms with van der Waals surface area (Å²) in [6.07, 6.45) is 2.14. The van der Waals surface area contributed by atoms with Crippen molar-refractivity contribution in [2.45, 2.75) is 13.8 Å². The van der Waals surface area contributed by atoms with E-state index in [4.69, 9.17) is 4.74 Å². The van der Waals surface area contributed by atoms with E-state index in [-0.39, 0.29) is 0 Å². The van der Waals surface area contributed by atoms with E-state index in [0.717, 1.165) is 26.8 Å². The normalized spacial score (nSPS) is 11.7. The highest BCUT2D eigenvalue weighted by atomic mass is 79.9. The highest BCUT2D eigenvalue weighted by Crippen LogP contribution is 2.34. The Bertz CT molecular complexity index is 416. The van der Waals surface area contributed by atoms with Crippen molar-refractivity contribution in [1.82, 2.24) is 5.32 Å². The molecular formula is C13H17Br2NO. The molecule has 0 aliphatic heterocycles. The second kappa shape index (κ2) is 7.19. The Morgan fingerprint density at radius 2 is 2.12 bits per heavy atom. The van der Waals surface area contributed by atoms with E-state index in [1.54, 1.807) is 0 Å². The van der Waals surface area contributed by atoms with Gasteiger partial charge in [-0.2, -0.15) is 0 Å². The van der Waals surface area contributed by atoms with Gasteiger partial charge in [-0.1, -0.05) is 27.6 Å². The van der Waals surface area contributed by atoms with E-state index < -0.39 is 0 Å². The molecule has 0 spiro atoms. The summed E-state index contributed by atoms with van der Waals surface area (Å²) >= 11 is 7.02. The van der Waals surface area contributed by atoms with Crippen LogP contribution in [-0.2, 0) is 0 Å². The maximum Gasteiger partial charge on any atom is 0.140 e. The molecule has 0 aliphatic rings. The van der Waals surface area contributed by atoms with Crippen LogP contribution in [0.1, 0.15) is 19.4 Å². The smallest absolute Gasteiger partial charge is 0.140 e. The van der Waals surface area contributed by atoms with Crippen LogP contribution in [0.25, 0.3) is 6.08 Å². The van der Waals surface area contributed by atoms with Crippen LogP contribution in [0.5, 0.6) is 5.75 Å². The first kappa shape index (κ1) is 14.7. The van der Waals surface area contributed by atoms with Crippen molar-refractivity contribution in [2.75, 3.05) is 20.2 Å². The van der Waals surface area contributed by atoms with Gasteiger partial charge in [0.05, 0.1) is 11.1 Å². The summed E-state index contributed by atoms with van der Waals surface area (Å²) < 4.78 is 7.68. The molecule has 0 radical (unpaired) electrons. The molecule has 0 saturated carbocycles. The predicted octanol–water partition coefficient (Wildman–Crippen LogP) is 4.23. The fourth-order valence-corrected chi connectivity index (χ4v) is 2.95. The summed E-state index contributed by atoms with van der Waals surface area (Å²) in [5.41, 5.74) is 2.35. The second-order valence-corrected chi connectivity index (χ2v) is 5.53. The van der Waals surface area contributed by atoms with Crippen LogP contribution < -0.4 is 10.1 Å². The maximum atomic E-state index is 5.67. The molecule has 17 heavy (non-hydrogen) atoms. The minimum Gasteiger partial charge on any atom is -0.492 e. The number of halogens is 2. The van der Waals surface area contributed by atoms with E-state index in [1.807, 2.05) is 20.0 Å². The highest BCUT2D eigenvalue weighted by Gasteiger charge is 2.08. The molecule has 0 bridgehead atoms. The lowest BCUT2D eigenvalue weighted by atomic mass is 10.1. The van der Waals surface area contributed by atoms with Gasteiger partial charge in [0.25, 0.3) is 0 Å². The van der Waals surface area contributed by atoms with Gasteiger partial charge in [-0.3, -0.25) is 0 Å². The zero-order chi connectivity index (χ0) is 12.8. The van der Waals surface area contributed by atoms with Gasteiger partial charge in [-0.25, -0.2) is 0 Å². The third kappa shape index (κ3) is 4.45. The molecule has 0 heterocycles. The number of benzene rings is 1. The number of hydrogen-bond donors (Lipinski definition) is 1. The molecule has 0 unspecified atom stereocenters. The predicted molar refractivity (Wildman–Crippen MR) is 80.6 cm³/mol. The SMILES string of the molecule is CCOc1c(Br)cc(Br)cc1C=C(C)CNC. The van der Waals surface area contributed by atoms with Crippen molar-refractivity contribution in [3.05, 3.63) is 32.2 Å². The Labute approximate surface area is 120 Å². The van der Waals surface area contributed by atoms with Crippen LogP contribution in [0, 0.1) is 0 Å². The van der Waals surface area contributed by atoms with E-state index in [9.17, 15) is 0 Å². The summed E-state index contributed by atoms with van der Waals surface area (Å²) in [7, 11) is 1.94. The van der Waals surface area contributed by atoms with Crippen molar-refractivity contribution in [3.63, 3.8) is 0 Å². The fourth-order valence-electron chi connectivity index (χ4n) is 1.58. The van der Waals surface area contributed by atoms with Crippen molar-refractivity contribution >= 4 is 37.9 Å². The molecule has 4 heteroatoms. The number of ether oxygens (including phenoxy) is 1. The molecule has 2 nitrogen and oxygen atoms in total. The Morgan fingerprint density at radius 1 is 1.41 bits per heavy atom. The van der Waals surface area contributed by atoms with Crippen LogP contribution in [0.15, 0.2) is 26.7 Å². The quantitative estimate of drug-likeness (QED) is 0.846. The molecule has 1 rings (SSSR count). The average molecular weight is 363 g/mol. The Balaban J connectivity index is 3.15. The van der Waals surface area contributed by atoms with Crippen LogP contribution in [0.4, 0.5) is 0 Å². The zero-order valence-electron chi connectivity index (χ0n) is 10.3. The largest absolute Gasteiger partial charge is 0.492 e. The third-order valence-electron chi connectivity index (χ3n) is 2.18. The summed E-state index contributed by atoms with van der Waals surface area (Å²) in [4.78, 5) is 0. The monoisotopic (exact) mass is 361 g/mol. The molecular weight excluding hydrogens is 346 g/mol. The molecule has 0 fully saturated rings. The standard InChI is InChI=1S/C13H17Br2NO/c1-4-17-13-10(5-9(2)8-16-3)6-11(14)7-12(13)15/h5-7,16H,4,8H2,1-3H3. The van der Waals surface area contributed by atoms with Crippen LogP contribution in [0.3, 0.4) is 0 Å². The van der Waals surface area contributed by atoms with Gasteiger partial charge >= 0.3 is 0 Å². The molecule has 0 saturated heterocycles. The van der Waals surface area contributed by atoms with E-state index in [2.05, 4.69) is 56.2 Å². The van der Waals surface area contributed by atoms with E-state index >= 15 is 0 Å². The number of rotatable bonds is 5. The second-order valence-electron chi connectivity index (χ2n) is 3.76. The summed E-state index contributed by atoms with van der Waals surface area (Å²) in [6.45, 7) is 5.62. The van der Waals surface area contributed by atoms with Gasteiger partial charge in [0.1, 0.15) is 5.75 Å². The lowest BCUT2D eigenvalue weighted by Crippen LogP contribution is -2.08. The third-order valence-corrected chi connectivity index (χ3v) is 3.23. The highest BCUT2D eigenvalue weighted by molar-refractivity contribution is 9.11. The van der Waals surface area contributed by atoms with Gasteiger partial charge in [-0.05, 0) is 49.0 Å². The molecule has 0 aromatic heterocycles. The maximum absolute atomic E-state index is 5.67. The lowest BCUT2D eigenvalue weighted by Gasteiger charge is -2.11. The van der Waals surface area contributed by atoms with Gasteiger partial charge < -0.3 is 10.1 Å². The molecule has 1 aromatic carbocycles. The molecule has 0 atom stereocenters. The topological polar surface area (TPSA) is 21.3 Å². The molecule has 0 amide bonds. The lowest BCUT2D eigenvalue weighted by molar-refractivity contribution is 0.337. The average Bonchev–Trinajstić information content (AvgIpc) is 2.23. The van der Waals surface area contributed by atoms with E-state index in [0.29, 0.717) is 6.61 Å². The van der Waals surface area contributed by atoms with Crippen LogP contribution in [0.2, 0.25) is 0 Å². The summed E-state index contributed by atoms with van der Waals surface area (Å²) in [5.74, 6) is 0.895. The molecule has 1 aromatic rings. The number of hydrogen-bond acceptors (Lipinski definition) is 2. The zero-order valence-corrected chi connectivity index (χ0v) is 13.5. The molecule has 0 aliphatic carbocycles. The Hall–Kier alpha value is -0.320. The van der Waals surface area contributed by atoms with Gasteiger partial charge in [0, 0.05) is 16.6 Å². The minimum absolute atomic E-state index is 0.659. The molecule has 94 valence electrons. The Kier molecular flexibility index (Phi) is 6.23. The van der Waals surface area contributed by atoms with Crippen molar-refractivity contribution in [2.24, 2.45) is 0 Å².